The molecule has 0 spiro atoms. The van der Waals surface area contributed by atoms with Crippen LogP contribution in [0.15, 0.2) is 54.6 Å². The molecule has 0 heterocycles. The zero-order chi connectivity index (χ0) is 17.4. The minimum Gasteiger partial charge on any atom is -0.392 e. The summed E-state index contributed by atoms with van der Waals surface area (Å²) in [7, 11) is 0. The lowest BCUT2D eigenvalue weighted by molar-refractivity contribution is -0.119. The van der Waals surface area contributed by atoms with Crippen LogP contribution < -0.4 is 10.2 Å². The largest absolute Gasteiger partial charge is 0.392 e. The topological polar surface area (TPSA) is 76.4 Å². The molecule has 2 aromatic rings. The van der Waals surface area contributed by atoms with Crippen molar-refractivity contribution in [1.29, 1.82) is 5.26 Å². The van der Waals surface area contributed by atoms with E-state index in [9.17, 15) is 9.90 Å². The SMILES string of the molecule is CC(Nc1cccc(CO)c1)C(=O)N(CCC#N)c1ccccc1. The van der Waals surface area contributed by atoms with E-state index in [2.05, 4.69) is 11.4 Å². The molecule has 1 amide bonds. The summed E-state index contributed by atoms with van der Waals surface area (Å²) in [5, 5.41) is 21.2. The second kappa shape index (κ2) is 8.70. The van der Waals surface area contributed by atoms with Crippen LogP contribution in [0.25, 0.3) is 0 Å². The molecule has 0 fully saturated rings. The number of benzene rings is 2. The standard InChI is InChI=1S/C19H21N3O2/c1-15(21-17-8-5-7-16(13-17)14-23)19(24)22(12-6-11-20)18-9-3-2-4-10-18/h2-5,7-10,13,15,21,23H,6,12,14H2,1H3. The number of carbonyl (C=O) groups excluding carboxylic acids is 1. The summed E-state index contributed by atoms with van der Waals surface area (Å²) in [6, 6.07) is 18.3. The number of nitrogens with one attached hydrogen (secondary N) is 1. The first-order valence-corrected chi connectivity index (χ1v) is 7.85. The van der Waals surface area contributed by atoms with Gasteiger partial charge in [0, 0.05) is 17.9 Å². The summed E-state index contributed by atoms with van der Waals surface area (Å²) < 4.78 is 0. The van der Waals surface area contributed by atoms with Crippen LogP contribution in [-0.4, -0.2) is 23.6 Å². The lowest BCUT2D eigenvalue weighted by Gasteiger charge is -2.26. The van der Waals surface area contributed by atoms with Gasteiger partial charge in [0.25, 0.3) is 0 Å². The van der Waals surface area contributed by atoms with E-state index in [0.29, 0.717) is 6.54 Å². The molecule has 0 aromatic heterocycles. The molecule has 0 aliphatic rings. The monoisotopic (exact) mass is 323 g/mol. The number of amides is 1. The number of hydrogen-bond donors (Lipinski definition) is 2. The molecule has 5 nitrogen and oxygen atoms in total. The molecule has 1 unspecified atom stereocenters. The van der Waals surface area contributed by atoms with Crippen molar-refractivity contribution in [3.8, 4) is 6.07 Å². The molecule has 0 saturated heterocycles. The molecular weight excluding hydrogens is 302 g/mol. The molecule has 2 rings (SSSR count). The van der Waals surface area contributed by atoms with Crippen LogP contribution in [0, 0.1) is 11.3 Å². The van der Waals surface area contributed by atoms with Crippen LogP contribution in [0.2, 0.25) is 0 Å². The maximum atomic E-state index is 12.8. The molecule has 2 N–H and O–H groups in total. The van der Waals surface area contributed by atoms with Gasteiger partial charge in [0.05, 0.1) is 19.1 Å². The van der Waals surface area contributed by atoms with E-state index in [1.165, 1.54) is 0 Å². The van der Waals surface area contributed by atoms with Gasteiger partial charge in [-0.25, -0.2) is 0 Å². The highest BCUT2D eigenvalue weighted by Gasteiger charge is 2.21. The Morgan fingerprint density at radius 3 is 2.67 bits per heavy atom. The van der Waals surface area contributed by atoms with Crippen molar-refractivity contribution in [2.45, 2.75) is 26.0 Å². The molecule has 124 valence electrons. The number of anilines is 2. The van der Waals surface area contributed by atoms with Crippen molar-refractivity contribution in [3.05, 3.63) is 60.2 Å². The summed E-state index contributed by atoms with van der Waals surface area (Å²) in [6.45, 7) is 2.09. The van der Waals surface area contributed by atoms with Crippen molar-refractivity contribution in [2.75, 3.05) is 16.8 Å². The summed E-state index contributed by atoms with van der Waals surface area (Å²) in [5.41, 5.74) is 2.33. The van der Waals surface area contributed by atoms with Crippen LogP contribution in [0.3, 0.4) is 0 Å². The summed E-state index contributed by atoms with van der Waals surface area (Å²) in [5.74, 6) is -0.106. The molecule has 0 aliphatic carbocycles. The Labute approximate surface area is 142 Å². The number of aliphatic hydroxyl groups is 1. The lowest BCUT2D eigenvalue weighted by Crippen LogP contribution is -2.42. The quantitative estimate of drug-likeness (QED) is 0.821. The molecule has 5 heteroatoms. The average molecular weight is 323 g/mol. The van der Waals surface area contributed by atoms with E-state index in [0.717, 1.165) is 16.9 Å². The number of rotatable bonds is 7. The van der Waals surface area contributed by atoms with Gasteiger partial charge in [0.2, 0.25) is 5.91 Å². The Morgan fingerprint density at radius 2 is 2.00 bits per heavy atom. The first kappa shape index (κ1) is 17.5. The fourth-order valence-corrected chi connectivity index (χ4v) is 2.44. The van der Waals surface area contributed by atoms with Crippen molar-refractivity contribution in [3.63, 3.8) is 0 Å². The van der Waals surface area contributed by atoms with Crippen molar-refractivity contribution in [2.24, 2.45) is 0 Å². The van der Waals surface area contributed by atoms with Crippen molar-refractivity contribution >= 4 is 17.3 Å². The molecule has 0 saturated carbocycles. The molecule has 0 aliphatic heterocycles. The van der Waals surface area contributed by atoms with Crippen LogP contribution in [-0.2, 0) is 11.4 Å². The first-order valence-electron chi connectivity index (χ1n) is 7.85. The van der Waals surface area contributed by atoms with Gasteiger partial charge < -0.3 is 15.3 Å². The van der Waals surface area contributed by atoms with Crippen molar-refractivity contribution < 1.29 is 9.90 Å². The molecular formula is C19H21N3O2. The summed E-state index contributed by atoms with van der Waals surface area (Å²) in [6.07, 6.45) is 0.271. The Bertz CT molecular complexity index is 710. The smallest absolute Gasteiger partial charge is 0.249 e. The van der Waals surface area contributed by atoms with Gasteiger partial charge in [-0.2, -0.15) is 5.26 Å². The highest BCUT2D eigenvalue weighted by Crippen LogP contribution is 2.17. The Kier molecular flexibility index (Phi) is 6.35. The second-order valence-electron chi connectivity index (χ2n) is 5.46. The van der Waals surface area contributed by atoms with E-state index in [-0.39, 0.29) is 18.9 Å². The third-order valence-electron chi connectivity index (χ3n) is 3.64. The number of para-hydroxylation sites is 1. The number of carbonyl (C=O) groups is 1. The predicted molar refractivity (Wildman–Crippen MR) is 94.5 cm³/mol. The van der Waals surface area contributed by atoms with E-state index in [1.54, 1.807) is 11.8 Å². The highest BCUT2D eigenvalue weighted by atomic mass is 16.3. The third-order valence-corrected chi connectivity index (χ3v) is 3.64. The Morgan fingerprint density at radius 1 is 1.25 bits per heavy atom. The van der Waals surface area contributed by atoms with Crippen LogP contribution in [0.4, 0.5) is 11.4 Å². The zero-order valence-electron chi connectivity index (χ0n) is 13.6. The normalized spacial score (nSPS) is 11.4. The molecule has 0 radical (unpaired) electrons. The van der Waals surface area contributed by atoms with E-state index in [1.807, 2.05) is 54.6 Å². The molecule has 2 aromatic carbocycles. The average Bonchev–Trinajstić information content (AvgIpc) is 2.63. The van der Waals surface area contributed by atoms with Gasteiger partial charge in [-0.15, -0.1) is 0 Å². The van der Waals surface area contributed by atoms with Crippen LogP contribution >= 0.6 is 0 Å². The molecule has 0 bridgehead atoms. The maximum absolute atomic E-state index is 12.8. The van der Waals surface area contributed by atoms with Crippen molar-refractivity contribution in [1.82, 2.24) is 0 Å². The fourth-order valence-electron chi connectivity index (χ4n) is 2.44. The second-order valence-corrected chi connectivity index (χ2v) is 5.46. The van der Waals surface area contributed by atoms with Crippen LogP contribution in [0.5, 0.6) is 0 Å². The van der Waals surface area contributed by atoms with E-state index < -0.39 is 6.04 Å². The zero-order valence-corrected chi connectivity index (χ0v) is 13.6. The Balaban J connectivity index is 2.14. The summed E-state index contributed by atoms with van der Waals surface area (Å²) in [4.78, 5) is 14.4. The number of nitriles is 1. The van der Waals surface area contributed by atoms with Gasteiger partial charge in [-0.1, -0.05) is 30.3 Å². The summed E-state index contributed by atoms with van der Waals surface area (Å²) >= 11 is 0. The number of nitrogens with zero attached hydrogens (tertiary/aromatic N) is 2. The first-order chi connectivity index (χ1) is 11.7. The van der Waals surface area contributed by atoms with E-state index >= 15 is 0 Å². The Hall–Kier alpha value is -2.84. The maximum Gasteiger partial charge on any atom is 0.249 e. The predicted octanol–water partition coefficient (Wildman–Crippen LogP) is 2.93. The molecule has 24 heavy (non-hydrogen) atoms. The lowest BCUT2D eigenvalue weighted by atomic mass is 10.1. The third kappa shape index (κ3) is 4.58. The van der Waals surface area contributed by atoms with Gasteiger partial charge in [-0.05, 0) is 36.8 Å². The van der Waals surface area contributed by atoms with Gasteiger partial charge >= 0.3 is 0 Å². The minimum atomic E-state index is -0.460. The van der Waals surface area contributed by atoms with Gasteiger partial charge in [0.1, 0.15) is 6.04 Å². The molecule has 1 atom stereocenters. The van der Waals surface area contributed by atoms with Crippen LogP contribution in [0.1, 0.15) is 18.9 Å². The van der Waals surface area contributed by atoms with Gasteiger partial charge in [-0.3, -0.25) is 4.79 Å². The minimum absolute atomic E-state index is 0.0455. The van der Waals surface area contributed by atoms with Gasteiger partial charge in [0.15, 0.2) is 0 Å². The number of hydrogen-bond acceptors (Lipinski definition) is 4. The highest BCUT2D eigenvalue weighted by molar-refractivity contribution is 5.98. The fraction of sp³-hybridized carbons (Fsp3) is 0.263. The van der Waals surface area contributed by atoms with E-state index in [4.69, 9.17) is 5.26 Å². The number of aliphatic hydroxyl groups excluding tert-OH is 1.